The zero-order chi connectivity index (χ0) is 14.0. The molecule has 1 aromatic heterocycles. The van der Waals surface area contributed by atoms with Gasteiger partial charge in [-0.05, 0) is 37.8 Å². The Morgan fingerprint density at radius 3 is 2.63 bits per heavy atom. The van der Waals surface area contributed by atoms with E-state index < -0.39 is 5.60 Å². The highest BCUT2D eigenvalue weighted by Crippen LogP contribution is 2.31. The second kappa shape index (κ2) is 5.63. The summed E-state index contributed by atoms with van der Waals surface area (Å²) in [5.41, 5.74) is 0.536. The van der Waals surface area contributed by atoms with Crippen molar-refractivity contribution in [1.82, 2.24) is 4.90 Å². The summed E-state index contributed by atoms with van der Waals surface area (Å²) in [7, 11) is 1.79. The fraction of sp³-hybridized carbons (Fsp3) is 0.667. The van der Waals surface area contributed by atoms with E-state index in [1.807, 2.05) is 6.07 Å². The molecule has 0 aliphatic heterocycles. The zero-order valence-corrected chi connectivity index (χ0v) is 12.8. The van der Waals surface area contributed by atoms with Gasteiger partial charge in [-0.1, -0.05) is 19.8 Å². The van der Waals surface area contributed by atoms with Gasteiger partial charge in [0.25, 0.3) is 5.91 Å². The normalized spacial score (nSPS) is 17.7. The lowest BCUT2D eigenvalue weighted by Crippen LogP contribution is -2.41. The van der Waals surface area contributed by atoms with Crippen LogP contribution in [0.1, 0.15) is 52.7 Å². The van der Waals surface area contributed by atoms with Gasteiger partial charge in [0, 0.05) is 18.5 Å². The molecule has 0 aromatic carbocycles. The minimum Gasteiger partial charge on any atom is -0.388 e. The molecule has 0 saturated heterocycles. The number of aryl methyl sites for hydroxylation is 2. The van der Waals surface area contributed by atoms with Crippen LogP contribution in [0, 0.1) is 6.92 Å². The first-order chi connectivity index (χ1) is 8.95. The fourth-order valence-electron chi connectivity index (χ4n) is 2.87. The molecule has 1 fully saturated rings. The molecule has 2 rings (SSSR count). The van der Waals surface area contributed by atoms with Gasteiger partial charge in [-0.25, -0.2) is 0 Å². The Hall–Kier alpha value is -0.870. The molecule has 0 radical (unpaired) electrons. The number of hydrogen-bond acceptors (Lipinski definition) is 3. The van der Waals surface area contributed by atoms with Crippen LogP contribution < -0.4 is 0 Å². The van der Waals surface area contributed by atoms with E-state index in [1.54, 1.807) is 23.3 Å². The van der Waals surface area contributed by atoms with Gasteiger partial charge in [-0.2, -0.15) is 0 Å². The number of carbonyl (C=O) groups is 1. The van der Waals surface area contributed by atoms with Crippen LogP contribution in [0.5, 0.6) is 0 Å². The summed E-state index contributed by atoms with van der Waals surface area (Å²) >= 11 is 1.58. The third-order valence-corrected chi connectivity index (χ3v) is 5.33. The molecule has 1 aromatic rings. The summed E-state index contributed by atoms with van der Waals surface area (Å²) in [4.78, 5) is 16.1. The molecule has 1 amide bonds. The quantitative estimate of drug-likeness (QED) is 0.921. The number of nitrogens with zero attached hydrogens (tertiary/aromatic N) is 1. The number of aliphatic hydroxyl groups is 1. The number of rotatable bonds is 4. The predicted octanol–water partition coefficient (Wildman–Crippen LogP) is 3.00. The molecule has 1 N–H and O–H groups in total. The van der Waals surface area contributed by atoms with Gasteiger partial charge >= 0.3 is 0 Å². The Kier molecular flexibility index (Phi) is 4.31. The van der Waals surface area contributed by atoms with Crippen LogP contribution in [0.15, 0.2) is 6.07 Å². The Labute approximate surface area is 119 Å². The summed E-state index contributed by atoms with van der Waals surface area (Å²) in [6.07, 6.45) is 4.73. The van der Waals surface area contributed by atoms with Crippen molar-refractivity contribution in [3.05, 3.63) is 21.4 Å². The van der Waals surface area contributed by atoms with Crippen molar-refractivity contribution in [2.75, 3.05) is 13.6 Å². The number of thiophene rings is 1. The summed E-state index contributed by atoms with van der Waals surface area (Å²) in [5, 5.41) is 10.4. The molecule has 1 aliphatic carbocycles. The Bertz CT molecular complexity index is 461. The van der Waals surface area contributed by atoms with Gasteiger partial charge < -0.3 is 10.0 Å². The molecule has 0 bridgehead atoms. The van der Waals surface area contributed by atoms with Crippen molar-refractivity contribution in [1.29, 1.82) is 0 Å². The number of hydrogen-bond donors (Lipinski definition) is 1. The number of amides is 1. The highest BCUT2D eigenvalue weighted by Gasteiger charge is 2.33. The maximum absolute atomic E-state index is 12.4. The average molecular weight is 281 g/mol. The van der Waals surface area contributed by atoms with E-state index in [0.29, 0.717) is 6.54 Å². The van der Waals surface area contributed by atoms with Gasteiger partial charge in [0.15, 0.2) is 0 Å². The van der Waals surface area contributed by atoms with Crippen molar-refractivity contribution >= 4 is 17.2 Å². The molecular weight excluding hydrogens is 258 g/mol. The highest BCUT2D eigenvalue weighted by molar-refractivity contribution is 7.14. The van der Waals surface area contributed by atoms with Crippen LogP contribution >= 0.6 is 11.3 Å². The second-order valence-corrected chi connectivity index (χ2v) is 6.80. The minimum atomic E-state index is -0.662. The van der Waals surface area contributed by atoms with Gasteiger partial charge in [0.05, 0.1) is 10.5 Å². The summed E-state index contributed by atoms with van der Waals surface area (Å²) in [5.74, 6) is 0.0353. The van der Waals surface area contributed by atoms with Crippen molar-refractivity contribution in [2.24, 2.45) is 0 Å². The Balaban J connectivity index is 2.05. The van der Waals surface area contributed by atoms with Crippen LogP contribution in [0.2, 0.25) is 0 Å². The molecule has 4 heteroatoms. The largest absolute Gasteiger partial charge is 0.388 e. The first-order valence-corrected chi connectivity index (χ1v) is 7.84. The molecule has 0 unspecified atom stereocenters. The molecular formula is C15H23NO2S. The molecule has 19 heavy (non-hydrogen) atoms. The SMILES string of the molecule is CCc1sc(C(=O)N(C)CC2(O)CCCC2)cc1C. The molecule has 0 atom stereocenters. The van der Waals surface area contributed by atoms with Gasteiger partial charge in [-0.15, -0.1) is 11.3 Å². The van der Waals surface area contributed by atoms with E-state index >= 15 is 0 Å². The van der Waals surface area contributed by atoms with E-state index in [1.165, 1.54) is 10.4 Å². The Morgan fingerprint density at radius 2 is 2.11 bits per heavy atom. The summed E-state index contributed by atoms with van der Waals surface area (Å²) < 4.78 is 0. The zero-order valence-electron chi connectivity index (χ0n) is 12.0. The van der Waals surface area contributed by atoms with Crippen molar-refractivity contribution < 1.29 is 9.90 Å². The van der Waals surface area contributed by atoms with Crippen LogP contribution in [0.4, 0.5) is 0 Å². The summed E-state index contributed by atoms with van der Waals surface area (Å²) in [6, 6.07) is 1.97. The van der Waals surface area contributed by atoms with Gasteiger partial charge in [0.1, 0.15) is 0 Å². The smallest absolute Gasteiger partial charge is 0.263 e. The average Bonchev–Trinajstić information content (AvgIpc) is 2.94. The molecule has 0 spiro atoms. The van der Waals surface area contributed by atoms with E-state index in [2.05, 4.69) is 13.8 Å². The van der Waals surface area contributed by atoms with Crippen molar-refractivity contribution in [3.63, 3.8) is 0 Å². The van der Waals surface area contributed by atoms with Crippen LogP contribution in [0.25, 0.3) is 0 Å². The monoisotopic (exact) mass is 281 g/mol. The molecule has 1 saturated carbocycles. The standard InChI is InChI=1S/C15H23NO2S/c1-4-12-11(2)9-13(19-12)14(17)16(3)10-15(18)7-5-6-8-15/h9,18H,4-8,10H2,1-3H3. The van der Waals surface area contributed by atoms with E-state index in [4.69, 9.17) is 0 Å². The van der Waals surface area contributed by atoms with Crippen LogP contribution in [-0.4, -0.2) is 35.1 Å². The molecule has 1 heterocycles. The first kappa shape index (κ1) is 14.5. The number of carbonyl (C=O) groups excluding carboxylic acids is 1. The number of likely N-dealkylation sites (N-methyl/N-ethyl adjacent to an activating group) is 1. The molecule has 3 nitrogen and oxygen atoms in total. The minimum absolute atomic E-state index is 0.0353. The van der Waals surface area contributed by atoms with E-state index in [9.17, 15) is 9.90 Å². The molecule has 106 valence electrons. The lowest BCUT2D eigenvalue weighted by Gasteiger charge is -2.28. The van der Waals surface area contributed by atoms with E-state index in [-0.39, 0.29) is 5.91 Å². The third kappa shape index (κ3) is 3.18. The predicted molar refractivity (Wildman–Crippen MR) is 78.8 cm³/mol. The van der Waals surface area contributed by atoms with Gasteiger partial charge in [-0.3, -0.25) is 4.79 Å². The van der Waals surface area contributed by atoms with Gasteiger partial charge in [0.2, 0.25) is 0 Å². The van der Waals surface area contributed by atoms with E-state index in [0.717, 1.165) is 37.0 Å². The topological polar surface area (TPSA) is 40.5 Å². The van der Waals surface area contributed by atoms with Crippen LogP contribution in [0.3, 0.4) is 0 Å². The lowest BCUT2D eigenvalue weighted by molar-refractivity contribution is 0.0158. The molecule has 1 aliphatic rings. The summed E-state index contributed by atoms with van der Waals surface area (Å²) in [6.45, 7) is 4.61. The first-order valence-electron chi connectivity index (χ1n) is 7.02. The lowest BCUT2D eigenvalue weighted by atomic mass is 10.0. The van der Waals surface area contributed by atoms with Crippen LogP contribution in [-0.2, 0) is 6.42 Å². The Morgan fingerprint density at radius 1 is 1.47 bits per heavy atom. The third-order valence-electron chi connectivity index (χ3n) is 3.96. The van der Waals surface area contributed by atoms with Crippen molar-refractivity contribution in [3.8, 4) is 0 Å². The second-order valence-electron chi connectivity index (χ2n) is 5.66. The van der Waals surface area contributed by atoms with Crippen molar-refractivity contribution in [2.45, 2.75) is 51.6 Å². The maximum Gasteiger partial charge on any atom is 0.263 e. The maximum atomic E-state index is 12.4. The highest BCUT2D eigenvalue weighted by atomic mass is 32.1. The fourth-order valence-corrected chi connectivity index (χ4v) is 3.98.